The third kappa shape index (κ3) is 4.17. The van der Waals surface area contributed by atoms with Crippen molar-refractivity contribution in [3.63, 3.8) is 0 Å². The number of nitrogens with one attached hydrogen (secondary N) is 1. The second kappa shape index (κ2) is 7.61. The van der Waals surface area contributed by atoms with Crippen molar-refractivity contribution in [3.05, 3.63) is 0 Å². The summed E-state index contributed by atoms with van der Waals surface area (Å²) in [7, 11) is 0. The number of rotatable bonds is 8. The number of nitrogens with two attached hydrogens (primary N) is 1. The van der Waals surface area contributed by atoms with E-state index in [1.54, 1.807) is 0 Å². The summed E-state index contributed by atoms with van der Waals surface area (Å²) in [4.78, 5) is 0. The van der Waals surface area contributed by atoms with Crippen LogP contribution in [-0.2, 0) is 4.74 Å². The number of ether oxygens (including phenoxy) is 1. The molecular formula is C16H32N2O. The molecule has 3 heteroatoms. The molecule has 1 aliphatic heterocycles. The van der Waals surface area contributed by atoms with Gasteiger partial charge in [0.1, 0.15) is 0 Å². The minimum Gasteiger partial charge on any atom is -0.375 e. The highest BCUT2D eigenvalue weighted by molar-refractivity contribution is 4.96. The number of unbranched alkanes of at least 4 members (excludes halogenated alkanes) is 4. The van der Waals surface area contributed by atoms with Gasteiger partial charge < -0.3 is 4.74 Å². The van der Waals surface area contributed by atoms with Gasteiger partial charge in [-0.25, -0.2) is 0 Å². The third-order valence-electron chi connectivity index (χ3n) is 5.20. The van der Waals surface area contributed by atoms with Crippen LogP contribution in [0.4, 0.5) is 0 Å². The van der Waals surface area contributed by atoms with Crippen molar-refractivity contribution in [2.45, 2.75) is 89.2 Å². The van der Waals surface area contributed by atoms with Crippen molar-refractivity contribution in [3.8, 4) is 0 Å². The summed E-state index contributed by atoms with van der Waals surface area (Å²) in [6.07, 6.45) is 14.3. The van der Waals surface area contributed by atoms with Gasteiger partial charge in [-0.05, 0) is 44.4 Å². The van der Waals surface area contributed by atoms with E-state index >= 15 is 0 Å². The predicted octanol–water partition coefficient (Wildman–Crippen LogP) is 3.53. The summed E-state index contributed by atoms with van der Waals surface area (Å²) < 4.78 is 6.02. The van der Waals surface area contributed by atoms with Crippen LogP contribution in [-0.4, -0.2) is 18.2 Å². The molecule has 1 saturated carbocycles. The lowest BCUT2D eigenvalue weighted by Gasteiger charge is -2.48. The highest BCUT2D eigenvalue weighted by Gasteiger charge is 2.43. The Morgan fingerprint density at radius 1 is 1.26 bits per heavy atom. The van der Waals surface area contributed by atoms with Crippen LogP contribution in [0.3, 0.4) is 0 Å². The van der Waals surface area contributed by atoms with Gasteiger partial charge in [-0.3, -0.25) is 11.3 Å². The fourth-order valence-electron chi connectivity index (χ4n) is 3.75. The van der Waals surface area contributed by atoms with E-state index in [0.717, 1.165) is 12.5 Å². The van der Waals surface area contributed by atoms with Crippen LogP contribution in [0.25, 0.3) is 0 Å². The first-order chi connectivity index (χ1) is 9.29. The zero-order valence-corrected chi connectivity index (χ0v) is 12.6. The van der Waals surface area contributed by atoms with Crippen LogP contribution in [0, 0.1) is 5.92 Å². The molecule has 2 atom stereocenters. The van der Waals surface area contributed by atoms with Crippen LogP contribution in [0.2, 0.25) is 0 Å². The third-order valence-corrected chi connectivity index (χ3v) is 5.20. The van der Waals surface area contributed by atoms with Crippen LogP contribution >= 0.6 is 0 Å². The summed E-state index contributed by atoms with van der Waals surface area (Å²) in [5.74, 6) is 6.53. The molecular weight excluding hydrogens is 236 g/mol. The molecule has 0 aromatic carbocycles. The quantitative estimate of drug-likeness (QED) is 0.402. The molecule has 19 heavy (non-hydrogen) atoms. The average Bonchev–Trinajstić information content (AvgIpc) is 2.41. The molecule has 0 aromatic rings. The summed E-state index contributed by atoms with van der Waals surface area (Å²) >= 11 is 0. The van der Waals surface area contributed by atoms with Crippen molar-refractivity contribution in [1.82, 2.24) is 5.43 Å². The smallest absolute Gasteiger partial charge is 0.0685 e. The Labute approximate surface area is 118 Å². The van der Waals surface area contributed by atoms with E-state index in [9.17, 15) is 0 Å². The summed E-state index contributed by atoms with van der Waals surface area (Å²) in [6.45, 7) is 3.21. The van der Waals surface area contributed by atoms with Gasteiger partial charge >= 0.3 is 0 Å². The van der Waals surface area contributed by atoms with Gasteiger partial charge in [0.05, 0.1) is 5.60 Å². The lowest BCUT2D eigenvalue weighted by molar-refractivity contribution is -0.147. The Bertz CT molecular complexity index is 253. The lowest BCUT2D eigenvalue weighted by Crippen LogP contribution is -2.51. The highest BCUT2D eigenvalue weighted by atomic mass is 16.5. The molecule has 3 N–H and O–H groups in total. The molecule has 112 valence electrons. The molecule has 3 nitrogen and oxygen atoms in total. The Morgan fingerprint density at radius 2 is 2.05 bits per heavy atom. The van der Waals surface area contributed by atoms with Gasteiger partial charge in [0.25, 0.3) is 0 Å². The summed E-state index contributed by atoms with van der Waals surface area (Å²) in [6, 6.07) is 0.503. The number of hydrogen-bond acceptors (Lipinski definition) is 3. The SMILES string of the molecule is CCCCCCCC(NN)C1CCOC2(CCC2)C1. The van der Waals surface area contributed by atoms with E-state index in [-0.39, 0.29) is 5.60 Å². The van der Waals surface area contributed by atoms with Crippen molar-refractivity contribution in [2.24, 2.45) is 11.8 Å². The van der Waals surface area contributed by atoms with Crippen molar-refractivity contribution in [1.29, 1.82) is 0 Å². The molecule has 0 aromatic heterocycles. The van der Waals surface area contributed by atoms with Crippen molar-refractivity contribution >= 4 is 0 Å². The van der Waals surface area contributed by atoms with E-state index in [1.165, 1.54) is 70.6 Å². The second-order valence-corrected chi connectivity index (χ2v) is 6.61. The van der Waals surface area contributed by atoms with Crippen LogP contribution in [0.5, 0.6) is 0 Å². The van der Waals surface area contributed by atoms with Crippen molar-refractivity contribution in [2.75, 3.05) is 6.61 Å². The molecule has 0 radical (unpaired) electrons. The van der Waals surface area contributed by atoms with E-state index in [1.807, 2.05) is 0 Å². The normalized spacial score (nSPS) is 27.2. The fraction of sp³-hybridized carbons (Fsp3) is 1.00. The second-order valence-electron chi connectivity index (χ2n) is 6.61. The predicted molar refractivity (Wildman–Crippen MR) is 79.7 cm³/mol. The molecule has 0 amide bonds. The Morgan fingerprint density at radius 3 is 2.68 bits per heavy atom. The lowest BCUT2D eigenvalue weighted by atomic mass is 9.70. The zero-order chi connectivity index (χ0) is 13.6. The first kappa shape index (κ1) is 15.3. The van der Waals surface area contributed by atoms with Crippen LogP contribution < -0.4 is 11.3 Å². The maximum absolute atomic E-state index is 6.02. The Kier molecular flexibility index (Phi) is 6.11. The molecule has 1 heterocycles. The fourth-order valence-corrected chi connectivity index (χ4v) is 3.75. The Balaban J connectivity index is 1.70. The standard InChI is InChI=1S/C16H32N2O/c1-2-3-4-5-6-8-15(18-17)14-9-12-19-16(13-14)10-7-11-16/h14-15,18H,2-13,17H2,1H3. The maximum atomic E-state index is 6.02. The largest absolute Gasteiger partial charge is 0.375 e. The van der Waals surface area contributed by atoms with Gasteiger partial charge in [0, 0.05) is 12.6 Å². The molecule has 2 fully saturated rings. The molecule has 2 rings (SSSR count). The van der Waals surface area contributed by atoms with Gasteiger partial charge in [0.2, 0.25) is 0 Å². The highest BCUT2D eigenvalue weighted by Crippen LogP contribution is 2.45. The maximum Gasteiger partial charge on any atom is 0.0685 e. The van der Waals surface area contributed by atoms with Gasteiger partial charge in [-0.2, -0.15) is 0 Å². The Hall–Kier alpha value is -0.120. The molecule has 0 bridgehead atoms. The van der Waals surface area contributed by atoms with Crippen LogP contribution in [0.15, 0.2) is 0 Å². The molecule has 1 spiro atoms. The monoisotopic (exact) mass is 268 g/mol. The molecule has 1 saturated heterocycles. The number of hydrazine groups is 1. The molecule has 1 aliphatic carbocycles. The summed E-state index contributed by atoms with van der Waals surface area (Å²) in [5.41, 5.74) is 3.34. The van der Waals surface area contributed by atoms with Crippen molar-refractivity contribution < 1.29 is 4.74 Å². The topological polar surface area (TPSA) is 47.3 Å². The van der Waals surface area contributed by atoms with Gasteiger partial charge in [-0.1, -0.05) is 39.0 Å². The average molecular weight is 268 g/mol. The number of hydrogen-bond donors (Lipinski definition) is 2. The minimum atomic E-state index is 0.250. The van der Waals surface area contributed by atoms with Gasteiger partial charge in [0.15, 0.2) is 0 Å². The summed E-state index contributed by atoms with van der Waals surface area (Å²) in [5, 5.41) is 0. The first-order valence-corrected chi connectivity index (χ1v) is 8.40. The molecule has 2 unspecified atom stereocenters. The van der Waals surface area contributed by atoms with E-state index in [0.29, 0.717) is 6.04 Å². The van der Waals surface area contributed by atoms with E-state index in [4.69, 9.17) is 10.6 Å². The zero-order valence-electron chi connectivity index (χ0n) is 12.6. The van der Waals surface area contributed by atoms with Gasteiger partial charge in [-0.15, -0.1) is 0 Å². The minimum absolute atomic E-state index is 0.250. The van der Waals surface area contributed by atoms with E-state index in [2.05, 4.69) is 12.3 Å². The van der Waals surface area contributed by atoms with Crippen LogP contribution in [0.1, 0.15) is 77.6 Å². The first-order valence-electron chi connectivity index (χ1n) is 8.40. The molecule has 2 aliphatic rings. The van der Waals surface area contributed by atoms with E-state index < -0.39 is 0 Å².